The van der Waals surface area contributed by atoms with E-state index in [9.17, 15) is 4.79 Å². The van der Waals surface area contributed by atoms with Gasteiger partial charge in [-0.3, -0.25) is 4.79 Å². The van der Waals surface area contributed by atoms with Crippen LogP contribution in [0.5, 0.6) is 5.75 Å². The zero-order chi connectivity index (χ0) is 13.5. The Bertz CT molecular complexity index is 416. The number of para-hydroxylation sites is 1. The van der Waals surface area contributed by atoms with Gasteiger partial charge in [0.1, 0.15) is 5.75 Å². The van der Waals surface area contributed by atoms with Gasteiger partial charge in [0, 0.05) is 24.7 Å². The summed E-state index contributed by atoms with van der Waals surface area (Å²) in [6.07, 6.45) is 2.96. The smallest absolute Gasteiger partial charge is 0.223 e. The van der Waals surface area contributed by atoms with Gasteiger partial charge in [0.15, 0.2) is 0 Å². The molecule has 0 heterocycles. The van der Waals surface area contributed by atoms with Gasteiger partial charge in [-0.2, -0.15) is 0 Å². The lowest BCUT2D eigenvalue weighted by atomic mass is 10.2. The molecule has 1 aliphatic carbocycles. The lowest BCUT2D eigenvalue weighted by Crippen LogP contribution is -2.24. The Hall–Kier alpha value is -1.55. The molecular formula is C15H22N2O2. The van der Waals surface area contributed by atoms with Crippen LogP contribution in [0.25, 0.3) is 0 Å². The van der Waals surface area contributed by atoms with Crippen LogP contribution < -0.4 is 15.4 Å². The highest BCUT2D eigenvalue weighted by molar-refractivity contribution is 5.75. The SMILES string of the molecule is CCNC(=O)CCOc1ccccc1CNC1CC1. The number of benzene rings is 1. The number of amides is 1. The van der Waals surface area contributed by atoms with Gasteiger partial charge >= 0.3 is 0 Å². The number of carbonyl (C=O) groups is 1. The molecule has 4 nitrogen and oxygen atoms in total. The van der Waals surface area contributed by atoms with E-state index in [1.54, 1.807) is 0 Å². The molecule has 0 bridgehead atoms. The predicted octanol–water partition coefficient (Wildman–Crippen LogP) is 1.84. The minimum atomic E-state index is 0.0380. The summed E-state index contributed by atoms with van der Waals surface area (Å²) in [6, 6.07) is 8.68. The van der Waals surface area contributed by atoms with E-state index in [1.807, 2.05) is 25.1 Å². The van der Waals surface area contributed by atoms with Crippen LogP contribution in [-0.4, -0.2) is 25.1 Å². The first-order chi connectivity index (χ1) is 9.29. The molecule has 104 valence electrons. The summed E-state index contributed by atoms with van der Waals surface area (Å²) in [5.74, 6) is 0.913. The molecule has 1 aromatic rings. The first-order valence-corrected chi connectivity index (χ1v) is 7.00. The van der Waals surface area contributed by atoms with Crippen molar-refractivity contribution in [2.75, 3.05) is 13.2 Å². The molecule has 0 unspecified atom stereocenters. The van der Waals surface area contributed by atoms with Crippen molar-refractivity contribution >= 4 is 5.91 Å². The van der Waals surface area contributed by atoms with Gasteiger partial charge < -0.3 is 15.4 Å². The maximum Gasteiger partial charge on any atom is 0.223 e. The average Bonchev–Trinajstić information content (AvgIpc) is 3.22. The van der Waals surface area contributed by atoms with E-state index in [0.29, 0.717) is 25.6 Å². The monoisotopic (exact) mass is 262 g/mol. The van der Waals surface area contributed by atoms with Crippen LogP contribution in [-0.2, 0) is 11.3 Å². The molecule has 0 aliphatic heterocycles. The Morgan fingerprint density at radius 2 is 2.16 bits per heavy atom. The number of carbonyl (C=O) groups excluding carboxylic acids is 1. The van der Waals surface area contributed by atoms with Crippen molar-refractivity contribution in [3.05, 3.63) is 29.8 Å². The normalized spacial score (nSPS) is 14.2. The quantitative estimate of drug-likeness (QED) is 0.751. The van der Waals surface area contributed by atoms with Crippen molar-refractivity contribution in [2.45, 2.75) is 38.8 Å². The van der Waals surface area contributed by atoms with Crippen LogP contribution in [0.3, 0.4) is 0 Å². The van der Waals surface area contributed by atoms with Crippen LogP contribution >= 0.6 is 0 Å². The molecule has 19 heavy (non-hydrogen) atoms. The Labute approximate surface area is 114 Å². The van der Waals surface area contributed by atoms with Crippen molar-refractivity contribution in [1.29, 1.82) is 0 Å². The van der Waals surface area contributed by atoms with Crippen LogP contribution in [0, 0.1) is 0 Å². The zero-order valence-electron chi connectivity index (χ0n) is 11.4. The van der Waals surface area contributed by atoms with Crippen molar-refractivity contribution in [3.8, 4) is 5.75 Å². The van der Waals surface area contributed by atoms with Crippen molar-refractivity contribution in [3.63, 3.8) is 0 Å². The molecule has 1 aliphatic rings. The van der Waals surface area contributed by atoms with Crippen molar-refractivity contribution < 1.29 is 9.53 Å². The lowest BCUT2D eigenvalue weighted by molar-refractivity contribution is -0.121. The summed E-state index contributed by atoms with van der Waals surface area (Å²) >= 11 is 0. The summed E-state index contributed by atoms with van der Waals surface area (Å²) in [7, 11) is 0. The molecule has 1 amide bonds. The average molecular weight is 262 g/mol. The van der Waals surface area contributed by atoms with E-state index in [2.05, 4.69) is 16.7 Å². The summed E-state index contributed by atoms with van der Waals surface area (Å²) in [4.78, 5) is 11.3. The third-order valence-corrected chi connectivity index (χ3v) is 3.09. The van der Waals surface area contributed by atoms with Crippen LogP contribution in [0.15, 0.2) is 24.3 Å². The summed E-state index contributed by atoms with van der Waals surface area (Å²) in [5, 5.41) is 6.24. The standard InChI is InChI=1S/C15H22N2O2/c1-2-16-15(18)9-10-19-14-6-4-3-5-12(14)11-17-13-7-8-13/h3-6,13,17H,2,7-11H2,1H3,(H,16,18). The summed E-state index contributed by atoms with van der Waals surface area (Å²) in [6.45, 7) is 3.84. The molecule has 1 aromatic carbocycles. The fourth-order valence-corrected chi connectivity index (χ4v) is 1.87. The molecule has 1 saturated carbocycles. The molecule has 0 saturated heterocycles. The largest absolute Gasteiger partial charge is 0.493 e. The summed E-state index contributed by atoms with van der Waals surface area (Å²) in [5.41, 5.74) is 1.16. The van der Waals surface area contributed by atoms with Gasteiger partial charge in [-0.15, -0.1) is 0 Å². The van der Waals surface area contributed by atoms with E-state index in [0.717, 1.165) is 17.9 Å². The van der Waals surface area contributed by atoms with E-state index in [-0.39, 0.29) is 5.91 Å². The molecule has 4 heteroatoms. The fourth-order valence-electron chi connectivity index (χ4n) is 1.87. The third-order valence-electron chi connectivity index (χ3n) is 3.09. The number of rotatable bonds is 8. The molecule has 1 fully saturated rings. The molecule has 0 aromatic heterocycles. The molecule has 0 spiro atoms. The van der Waals surface area contributed by atoms with E-state index in [1.165, 1.54) is 12.8 Å². The van der Waals surface area contributed by atoms with Gasteiger partial charge in [0.25, 0.3) is 0 Å². The second-order valence-corrected chi connectivity index (χ2v) is 4.81. The highest BCUT2D eigenvalue weighted by atomic mass is 16.5. The Morgan fingerprint density at radius 1 is 1.37 bits per heavy atom. The maximum absolute atomic E-state index is 11.3. The highest BCUT2D eigenvalue weighted by Gasteiger charge is 2.20. The topological polar surface area (TPSA) is 50.4 Å². The second-order valence-electron chi connectivity index (χ2n) is 4.81. The van der Waals surface area contributed by atoms with Crippen LogP contribution in [0.2, 0.25) is 0 Å². The minimum Gasteiger partial charge on any atom is -0.493 e. The number of nitrogens with one attached hydrogen (secondary N) is 2. The van der Waals surface area contributed by atoms with Gasteiger partial charge in [0.05, 0.1) is 13.0 Å². The number of hydrogen-bond donors (Lipinski definition) is 2. The van der Waals surface area contributed by atoms with Crippen LogP contribution in [0.1, 0.15) is 31.7 Å². The Balaban J connectivity index is 1.79. The molecule has 2 N–H and O–H groups in total. The molecular weight excluding hydrogens is 240 g/mol. The Morgan fingerprint density at radius 3 is 2.89 bits per heavy atom. The summed E-state index contributed by atoms with van der Waals surface area (Å²) < 4.78 is 5.71. The second kappa shape index (κ2) is 7.14. The zero-order valence-corrected chi connectivity index (χ0v) is 11.4. The first-order valence-electron chi connectivity index (χ1n) is 7.00. The van der Waals surface area contributed by atoms with Crippen molar-refractivity contribution in [1.82, 2.24) is 10.6 Å². The number of hydrogen-bond acceptors (Lipinski definition) is 3. The third kappa shape index (κ3) is 4.91. The van der Waals surface area contributed by atoms with Gasteiger partial charge in [-0.1, -0.05) is 18.2 Å². The fraction of sp³-hybridized carbons (Fsp3) is 0.533. The van der Waals surface area contributed by atoms with Gasteiger partial charge in [-0.25, -0.2) is 0 Å². The van der Waals surface area contributed by atoms with E-state index in [4.69, 9.17) is 4.74 Å². The molecule has 2 rings (SSSR count). The van der Waals surface area contributed by atoms with E-state index >= 15 is 0 Å². The van der Waals surface area contributed by atoms with Crippen LogP contribution in [0.4, 0.5) is 0 Å². The maximum atomic E-state index is 11.3. The highest BCUT2D eigenvalue weighted by Crippen LogP contribution is 2.22. The van der Waals surface area contributed by atoms with E-state index < -0.39 is 0 Å². The lowest BCUT2D eigenvalue weighted by Gasteiger charge is -2.11. The van der Waals surface area contributed by atoms with Gasteiger partial charge in [-0.05, 0) is 25.8 Å². The van der Waals surface area contributed by atoms with Gasteiger partial charge in [0.2, 0.25) is 5.91 Å². The molecule has 0 radical (unpaired) electrons. The predicted molar refractivity (Wildman–Crippen MR) is 75.1 cm³/mol. The first kappa shape index (κ1) is 13.9. The number of ether oxygens (including phenoxy) is 1. The van der Waals surface area contributed by atoms with Crippen molar-refractivity contribution in [2.24, 2.45) is 0 Å². The Kier molecular flexibility index (Phi) is 5.21. The molecule has 0 atom stereocenters. The minimum absolute atomic E-state index is 0.0380.